The third-order valence-electron chi connectivity index (χ3n) is 6.01. The van der Waals surface area contributed by atoms with Gasteiger partial charge in [0.15, 0.2) is 0 Å². The van der Waals surface area contributed by atoms with Gasteiger partial charge in [-0.2, -0.15) is 0 Å². The Bertz CT molecular complexity index is 1040. The van der Waals surface area contributed by atoms with Gasteiger partial charge in [-0.15, -0.1) is 11.3 Å². The van der Waals surface area contributed by atoms with Gasteiger partial charge in [0, 0.05) is 17.7 Å². The van der Waals surface area contributed by atoms with E-state index in [-0.39, 0.29) is 12.3 Å². The number of amides is 1. The van der Waals surface area contributed by atoms with Gasteiger partial charge in [-0.25, -0.2) is 0 Å². The average molecular weight is 466 g/mol. The van der Waals surface area contributed by atoms with Crippen LogP contribution in [0, 0.1) is 6.92 Å². The van der Waals surface area contributed by atoms with Gasteiger partial charge in [0.25, 0.3) is 5.91 Å². The van der Waals surface area contributed by atoms with Crippen LogP contribution in [0.25, 0.3) is 10.1 Å². The van der Waals surface area contributed by atoms with Crippen LogP contribution in [0.4, 0.5) is 0 Å². The van der Waals surface area contributed by atoms with E-state index in [0.29, 0.717) is 6.54 Å². The van der Waals surface area contributed by atoms with Crippen molar-refractivity contribution < 1.29 is 14.7 Å². The molecule has 0 saturated carbocycles. The molecular weight excluding hydrogens is 430 g/mol. The number of thiophene rings is 1. The van der Waals surface area contributed by atoms with E-state index in [4.69, 9.17) is 5.11 Å². The number of aryl methyl sites for hydroxylation is 1. The zero-order valence-corrected chi connectivity index (χ0v) is 20.4. The molecule has 0 radical (unpaired) electrons. The van der Waals surface area contributed by atoms with Gasteiger partial charge in [0.2, 0.25) is 0 Å². The Morgan fingerprint density at radius 1 is 0.848 bits per heavy atom. The molecule has 0 fully saturated rings. The molecule has 2 aromatic carbocycles. The summed E-state index contributed by atoms with van der Waals surface area (Å²) in [5, 5.41) is 13.0. The largest absolute Gasteiger partial charge is 0.481 e. The van der Waals surface area contributed by atoms with Crippen molar-refractivity contribution in [3.63, 3.8) is 0 Å². The van der Waals surface area contributed by atoms with E-state index in [9.17, 15) is 9.59 Å². The zero-order valence-electron chi connectivity index (χ0n) is 19.6. The Labute approximate surface area is 201 Å². The predicted molar refractivity (Wildman–Crippen MR) is 137 cm³/mol. The van der Waals surface area contributed by atoms with Crippen LogP contribution in [0.1, 0.15) is 84.1 Å². The molecule has 176 valence electrons. The number of aliphatic carboxylic acids is 1. The number of hydrogen-bond donors (Lipinski definition) is 2. The second kappa shape index (κ2) is 13.1. The van der Waals surface area contributed by atoms with E-state index in [1.807, 2.05) is 12.1 Å². The molecule has 0 bridgehead atoms. The van der Waals surface area contributed by atoms with Crippen molar-refractivity contribution in [1.82, 2.24) is 5.32 Å². The molecule has 0 aliphatic carbocycles. The third-order valence-corrected chi connectivity index (χ3v) is 7.22. The van der Waals surface area contributed by atoms with Crippen molar-refractivity contribution >= 4 is 33.3 Å². The second-order valence-electron chi connectivity index (χ2n) is 8.80. The van der Waals surface area contributed by atoms with Crippen molar-refractivity contribution in [1.29, 1.82) is 0 Å². The monoisotopic (exact) mass is 465 g/mol. The van der Waals surface area contributed by atoms with E-state index in [1.54, 1.807) is 11.3 Å². The fourth-order valence-electron chi connectivity index (χ4n) is 4.11. The van der Waals surface area contributed by atoms with E-state index in [0.717, 1.165) is 66.5 Å². The zero-order chi connectivity index (χ0) is 23.5. The standard InChI is InChI=1S/C28H35NO3S/c1-21-15-17-22(18-16-21)20-24-23-12-9-10-13-25(23)33-27(24)28(32)29-19-11-7-5-3-2-4-6-8-14-26(30)31/h9-10,12-13,15-18H,2-8,11,14,19-20H2,1H3,(H,29,32)(H,30,31). The summed E-state index contributed by atoms with van der Waals surface area (Å²) in [4.78, 5) is 24.4. The molecule has 0 unspecified atom stereocenters. The topological polar surface area (TPSA) is 66.4 Å². The van der Waals surface area contributed by atoms with Crippen molar-refractivity contribution in [2.45, 2.75) is 71.1 Å². The first-order valence-corrected chi connectivity index (χ1v) is 12.9. The molecule has 4 nitrogen and oxygen atoms in total. The molecule has 3 aromatic rings. The molecule has 0 spiro atoms. The van der Waals surface area contributed by atoms with Crippen molar-refractivity contribution in [3.8, 4) is 0 Å². The van der Waals surface area contributed by atoms with Crippen LogP contribution in [0.5, 0.6) is 0 Å². The Morgan fingerprint density at radius 3 is 2.18 bits per heavy atom. The number of benzene rings is 2. The SMILES string of the molecule is Cc1ccc(Cc2c(C(=O)NCCCCCCCCCCC(=O)O)sc3ccccc23)cc1. The van der Waals surface area contributed by atoms with Crippen LogP contribution in [-0.2, 0) is 11.2 Å². The number of carboxylic acid groups (broad SMARTS) is 1. The summed E-state index contributed by atoms with van der Waals surface area (Å²) in [5.74, 6) is -0.660. The number of nitrogens with one attached hydrogen (secondary N) is 1. The van der Waals surface area contributed by atoms with Gasteiger partial charge in [-0.05, 0) is 48.8 Å². The lowest BCUT2D eigenvalue weighted by Crippen LogP contribution is -2.24. The van der Waals surface area contributed by atoms with E-state index in [2.05, 4.69) is 48.6 Å². The van der Waals surface area contributed by atoms with Crippen molar-refractivity contribution in [2.75, 3.05) is 6.54 Å². The number of hydrogen-bond acceptors (Lipinski definition) is 3. The fraction of sp³-hybridized carbons (Fsp3) is 0.429. The normalized spacial score (nSPS) is 11.1. The minimum absolute atomic E-state index is 0.0387. The first-order chi connectivity index (χ1) is 16.0. The fourth-order valence-corrected chi connectivity index (χ4v) is 5.25. The van der Waals surface area contributed by atoms with Crippen LogP contribution < -0.4 is 5.32 Å². The van der Waals surface area contributed by atoms with Crippen molar-refractivity contribution in [3.05, 3.63) is 70.1 Å². The summed E-state index contributed by atoms with van der Waals surface area (Å²) in [5.41, 5.74) is 3.59. The summed E-state index contributed by atoms with van der Waals surface area (Å²) in [6.07, 6.45) is 9.55. The van der Waals surface area contributed by atoms with E-state index < -0.39 is 5.97 Å². The van der Waals surface area contributed by atoms with Gasteiger partial charge in [0.1, 0.15) is 0 Å². The number of fused-ring (bicyclic) bond motifs is 1. The third kappa shape index (κ3) is 8.01. The van der Waals surface area contributed by atoms with Gasteiger partial charge >= 0.3 is 5.97 Å². The van der Waals surface area contributed by atoms with Crippen LogP contribution in [0.2, 0.25) is 0 Å². The molecule has 2 N–H and O–H groups in total. The van der Waals surface area contributed by atoms with Gasteiger partial charge < -0.3 is 10.4 Å². The molecule has 1 aromatic heterocycles. The molecule has 3 rings (SSSR count). The highest BCUT2D eigenvalue weighted by Crippen LogP contribution is 2.33. The molecular formula is C28H35NO3S. The Kier molecular flexibility index (Phi) is 9.95. The quantitative estimate of drug-likeness (QED) is 0.249. The summed E-state index contributed by atoms with van der Waals surface area (Å²) in [7, 11) is 0. The second-order valence-corrected chi connectivity index (χ2v) is 9.85. The maximum atomic E-state index is 13.0. The van der Waals surface area contributed by atoms with Gasteiger partial charge in [0.05, 0.1) is 4.88 Å². The number of carbonyl (C=O) groups excluding carboxylic acids is 1. The molecule has 1 heterocycles. The number of carboxylic acids is 1. The molecule has 0 aliphatic rings. The van der Waals surface area contributed by atoms with Crippen LogP contribution in [0.15, 0.2) is 48.5 Å². The van der Waals surface area contributed by atoms with E-state index >= 15 is 0 Å². The highest BCUT2D eigenvalue weighted by Gasteiger charge is 2.18. The summed E-state index contributed by atoms with van der Waals surface area (Å²) >= 11 is 1.59. The number of carbonyl (C=O) groups is 2. The lowest BCUT2D eigenvalue weighted by atomic mass is 10.0. The summed E-state index contributed by atoms with van der Waals surface area (Å²) < 4.78 is 1.16. The first kappa shape index (κ1) is 25.0. The molecule has 0 atom stereocenters. The molecule has 0 aliphatic heterocycles. The summed E-state index contributed by atoms with van der Waals surface area (Å²) in [6, 6.07) is 16.8. The van der Waals surface area contributed by atoms with E-state index in [1.165, 1.54) is 22.9 Å². The van der Waals surface area contributed by atoms with Gasteiger partial charge in [-0.1, -0.05) is 86.6 Å². The number of rotatable bonds is 14. The molecule has 33 heavy (non-hydrogen) atoms. The summed E-state index contributed by atoms with van der Waals surface area (Å²) in [6.45, 7) is 2.79. The lowest BCUT2D eigenvalue weighted by molar-refractivity contribution is -0.137. The molecule has 5 heteroatoms. The maximum absolute atomic E-state index is 13.0. The van der Waals surface area contributed by atoms with Crippen molar-refractivity contribution in [2.24, 2.45) is 0 Å². The Morgan fingerprint density at radius 2 is 1.48 bits per heavy atom. The number of unbranched alkanes of at least 4 members (excludes halogenated alkanes) is 7. The minimum Gasteiger partial charge on any atom is -0.481 e. The predicted octanol–water partition coefficient (Wildman–Crippen LogP) is 7.13. The Balaban J connectivity index is 1.45. The highest BCUT2D eigenvalue weighted by atomic mass is 32.1. The molecule has 0 saturated heterocycles. The lowest BCUT2D eigenvalue weighted by Gasteiger charge is -2.08. The van der Waals surface area contributed by atoms with Gasteiger partial charge in [-0.3, -0.25) is 9.59 Å². The minimum atomic E-state index is -0.699. The highest BCUT2D eigenvalue weighted by molar-refractivity contribution is 7.21. The van der Waals surface area contributed by atoms with Crippen LogP contribution >= 0.6 is 11.3 Å². The van der Waals surface area contributed by atoms with Crippen LogP contribution in [0.3, 0.4) is 0 Å². The van der Waals surface area contributed by atoms with Crippen LogP contribution in [-0.4, -0.2) is 23.5 Å². The Hall–Kier alpha value is -2.66. The molecule has 1 amide bonds. The smallest absolute Gasteiger partial charge is 0.303 e. The first-order valence-electron chi connectivity index (χ1n) is 12.1. The maximum Gasteiger partial charge on any atom is 0.303 e. The average Bonchev–Trinajstić information content (AvgIpc) is 3.17.